The van der Waals surface area contributed by atoms with Crippen LogP contribution in [0.3, 0.4) is 0 Å². The van der Waals surface area contributed by atoms with E-state index in [1.165, 1.54) is 6.20 Å². The molecule has 0 unspecified atom stereocenters. The molecule has 0 aromatic carbocycles. The quantitative estimate of drug-likeness (QED) is 0.760. The molecule has 23 heavy (non-hydrogen) atoms. The van der Waals surface area contributed by atoms with E-state index in [1.807, 2.05) is 19.1 Å². The van der Waals surface area contributed by atoms with Crippen molar-refractivity contribution in [2.75, 3.05) is 0 Å². The summed E-state index contributed by atoms with van der Waals surface area (Å²) in [5.41, 5.74) is 8.37. The van der Waals surface area contributed by atoms with Gasteiger partial charge < -0.3 is 10.8 Å². The fourth-order valence-electron chi connectivity index (χ4n) is 2.59. The molecule has 0 bridgehead atoms. The number of hydrogen-bond acceptors (Lipinski definition) is 4. The maximum absolute atomic E-state index is 11.5. The molecule has 0 radical (unpaired) electrons. The number of carbonyl (C=O) groups is 1. The number of nitrogens with zero attached hydrogens (tertiary/aromatic N) is 4. The highest BCUT2D eigenvalue weighted by Crippen LogP contribution is 2.26. The van der Waals surface area contributed by atoms with Crippen molar-refractivity contribution < 1.29 is 9.90 Å². The Kier molecular flexibility index (Phi) is 3.45. The smallest absolute Gasteiger partial charge is 0.252 e. The van der Waals surface area contributed by atoms with Gasteiger partial charge in [-0.3, -0.25) is 9.48 Å². The minimum absolute atomic E-state index is 0.383. The van der Waals surface area contributed by atoms with Crippen molar-refractivity contribution in [3.05, 3.63) is 42.0 Å². The third kappa shape index (κ3) is 2.83. The number of amides is 1. The molecule has 0 aliphatic carbocycles. The van der Waals surface area contributed by atoms with Crippen molar-refractivity contribution in [3.8, 4) is 11.1 Å². The zero-order valence-electron chi connectivity index (χ0n) is 13.3. The molecule has 0 aliphatic rings. The Bertz CT molecular complexity index is 886. The zero-order chi connectivity index (χ0) is 16.8. The summed E-state index contributed by atoms with van der Waals surface area (Å²) in [6.07, 6.45) is 5.00. The van der Waals surface area contributed by atoms with E-state index >= 15 is 0 Å². The third-order valence-electron chi connectivity index (χ3n) is 3.74. The molecule has 7 nitrogen and oxygen atoms in total. The highest BCUT2D eigenvalue weighted by Gasteiger charge is 2.18. The van der Waals surface area contributed by atoms with Crippen LogP contribution >= 0.6 is 0 Å². The Morgan fingerprint density at radius 2 is 2.09 bits per heavy atom. The van der Waals surface area contributed by atoms with E-state index in [0.29, 0.717) is 17.6 Å². The Hall–Kier alpha value is -2.67. The average molecular weight is 313 g/mol. The predicted octanol–water partition coefficient (Wildman–Crippen LogP) is 1.38. The van der Waals surface area contributed by atoms with Gasteiger partial charge in [0.2, 0.25) is 0 Å². The van der Waals surface area contributed by atoms with Gasteiger partial charge in [0.25, 0.3) is 5.91 Å². The van der Waals surface area contributed by atoms with Crippen molar-refractivity contribution >= 4 is 11.4 Å². The zero-order valence-corrected chi connectivity index (χ0v) is 13.3. The highest BCUT2D eigenvalue weighted by molar-refractivity contribution is 6.00. The van der Waals surface area contributed by atoms with Gasteiger partial charge in [-0.15, -0.1) is 0 Å². The van der Waals surface area contributed by atoms with Crippen LogP contribution in [0.5, 0.6) is 0 Å². The maximum Gasteiger partial charge on any atom is 0.252 e. The number of aliphatic hydroxyl groups is 1. The number of rotatable bonds is 4. The summed E-state index contributed by atoms with van der Waals surface area (Å²) in [7, 11) is 0. The van der Waals surface area contributed by atoms with Gasteiger partial charge in [-0.05, 0) is 38.5 Å². The van der Waals surface area contributed by atoms with Gasteiger partial charge in [0.15, 0.2) is 0 Å². The summed E-state index contributed by atoms with van der Waals surface area (Å²) in [4.78, 5) is 11.5. The minimum Gasteiger partial charge on any atom is -0.389 e. The number of pyridine rings is 1. The van der Waals surface area contributed by atoms with Gasteiger partial charge in [-0.1, -0.05) is 0 Å². The second-order valence-corrected chi connectivity index (χ2v) is 6.28. The summed E-state index contributed by atoms with van der Waals surface area (Å²) < 4.78 is 3.38. The van der Waals surface area contributed by atoms with Crippen LogP contribution in [0.2, 0.25) is 0 Å². The predicted molar refractivity (Wildman–Crippen MR) is 86.0 cm³/mol. The molecule has 0 saturated heterocycles. The number of hydrogen-bond donors (Lipinski definition) is 2. The normalized spacial score (nSPS) is 12.0. The van der Waals surface area contributed by atoms with Gasteiger partial charge in [-0.2, -0.15) is 10.2 Å². The van der Waals surface area contributed by atoms with Gasteiger partial charge >= 0.3 is 0 Å². The first-order valence-electron chi connectivity index (χ1n) is 7.28. The monoisotopic (exact) mass is 313 g/mol. The van der Waals surface area contributed by atoms with Gasteiger partial charge in [-0.25, -0.2) is 4.52 Å². The topological polar surface area (TPSA) is 98.4 Å². The van der Waals surface area contributed by atoms with Crippen LogP contribution in [0.15, 0.2) is 30.7 Å². The van der Waals surface area contributed by atoms with Crippen molar-refractivity contribution in [3.63, 3.8) is 0 Å². The molecular weight excluding hydrogens is 294 g/mol. The van der Waals surface area contributed by atoms with Crippen molar-refractivity contribution in [1.82, 2.24) is 19.4 Å². The van der Waals surface area contributed by atoms with E-state index in [1.54, 1.807) is 35.4 Å². The summed E-state index contributed by atoms with van der Waals surface area (Å²) in [6, 6.07) is 3.77. The standard InChI is InChI=1S/C16H19N5O2/c1-10-12(7-19-21(10)9-16(2,3)23)11-4-5-20-14(6-11)13(8-18-20)15(17)22/h4-8,23H,9H2,1-3H3,(H2,17,22). The molecule has 3 heterocycles. The van der Waals surface area contributed by atoms with Gasteiger partial charge in [0, 0.05) is 17.5 Å². The molecule has 1 amide bonds. The number of primary amides is 1. The molecule has 7 heteroatoms. The number of fused-ring (bicyclic) bond motifs is 1. The van der Waals surface area contributed by atoms with E-state index in [9.17, 15) is 9.90 Å². The van der Waals surface area contributed by atoms with E-state index in [2.05, 4.69) is 10.2 Å². The lowest BCUT2D eigenvalue weighted by molar-refractivity contribution is 0.0571. The molecule has 0 saturated carbocycles. The van der Waals surface area contributed by atoms with Crippen LogP contribution in [-0.2, 0) is 6.54 Å². The Morgan fingerprint density at radius 1 is 1.35 bits per heavy atom. The summed E-state index contributed by atoms with van der Waals surface area (Å²) in [5.74, 6) is -0.508. The lowest BCUT2D eigenvalue weighted by Gasteiger charge is -2.18. The van der Waals surface area contributed by atoms with Crippen LogP contribution < -0.4 is 5.73 Å². The summed E-state index contributed by atoms with van der Waals surface area (Å²) in [5, 5.41) is 18.4. The highest BCUT2D eigenvalue weighted by atomic mass is 16.3. The van der Waals surface area contributed by atoms with Crippen LogP contribution in [0.25, 0.3) is 16.6 Å². The fourth-order valence-corrected chi connectivity index (χ4v) is 2.59. The Labute approximate surface area is 133 Å². The molecule has 3 N–H and O–H groups in total. The van der Waals surface area contributed by atoms with Crippen molar-refractivity contribution in [2.24, 2.45) is 5.73 Å². The van der Waals surface area contributed by atoms with Crippen molar-refractivity contribution in [2.45, 2.75) is 32.9 Å². The fraction of sp³-hybridized carbons (Fsp3) is 0.312. The third-order valence-corrected chi connectivity index (χ3v) is 3.74. The Balaban J connectivity index is 2.07. The second-order valence-electron chi connectivity index (χ2n) is 6.28. The summed E-state index contributed by atoms with van der Waals surface area (Å²) in [6.45, 7) is 5.83. The van der Waals surface area contributed by atoms with E-state index in [4.69, 9.17) is 5.73 Å². The number of aromatic nitrogens is 4. The van der Waals surface area contributed by atoms with Crippen LogP contribution in [0.4, 0.5) is 0 Å². The SMILES string of the molecule is Cc1c(-c2ccn3ncc(C(N)=O)c3c2)cnn1CC(C)(C)O. The van der Waals surface area contributed by atoms with Gasteiger partial charge in [0.05, 0.1) is 35.6 Å². The first kappa shape index (κ1) is 15.2. The molecule has 0 atom stereocenters. The lowest BCUT2D eigenvalue weighted by Crippen LogP contribution is -2.27. The lowest BCUT2D eigenvalue weighted by atomic mass is 10.1. The van der Waals surface area contributed by atoms with Gasteiger partial charge in [0.1, 0.15) is 0 Å². The molecule has 0 aliphatic heterocycles. The Morgan fingerprint density at radius 3 is 2.74 bits per heavy atom. The molecule has 3 aromatic rings. The van der Waals surface area contributed by atoms with E-state index in [0.717, 1.165) is 16.8 Å². The number of carbonyl (C=O) groups excluding carboxylic acids is 1. The molecule has 3 rings (SSSR count). The molecule has 0 spiro atoms. The minimum atomic E-state index is -0.845. The molecule has 120 valence electrons. The first-order chi connectivity index (χ1) is 10.8. The van der Waals surface area contributed by atoms with Crippen LogP contribution in [0, 0.1) is 6.92 Å². The average Bonchev–Trinajstić information content (AvgIpc) is 3.01. The summed E-state index contributed by atoms with van der Waals surface area (Å²) >= 11 is 0. The van der Waals surface area contributed by atoms with Crippen LogP contribution in [0.1, 0.15) is 29.9 Å². The van der Waals surface area contributed by atoms with E-state index in [-0.39, 0.29) is 0 Å². The molecule has 3 aromatic heterocycles. The van der Waals surface area contributed by atoms with Crippen molar-refractivity contribution in [1.29, 1.82) is 0 Å². The number of nitrogens with two attached hydrogens (primary N) is 1. The maximum atomic E-state index is 11.5. The largest absolute Gasteiger partial charge is 0.389 e. The molecular formula is C16H19N5O2. The first-order valence-corrected chi connectivity index (χ1v) is 7.28. The second kappa shape index (κ2) is 5.20. The van der Waals surface area contributed by atoms with Crippen LogP contribution in [-0.4, -0.2) is 36.0 Å². The molecule has 0 fully saturated rings. The van der Waals surface area contributed by atoms with E-state index < -0.39 is 11.5 Å².